The van der Waals surface area contributed by atoms with E-state index < -0.39 is 5.60 Å². The molecule has 0 saturated heterocycles. The van der Waals surface area contributed by atoms with Gasteiger partial charge in [0.15, 0.2) is 0 Å². The van der Waals surface area contributed by atoms with Gasteiger partial charge in [0, 0.05) is 10.0 Å². The quantitative estimate of drug-likeness (QED) is 0.831. The summed E-state index contributed by atoms with van der Waals surface area (Å²) in [5, 5.41) is 10.5. The predicted molar refractivity (Wildman–Crippen MR) is 58.8 cm³/mol. The molecule has 2 atom stereocenters. The topological polar surface area (TPSA) is 20.2 Å². The van der Waals surface area contributed by atoms with Crippen LogP contribution >= 0.6 is 15.9 Å². The lowest BCUT2D eigenvalue weighted by atomic mass is 9.99. The largest absolute Gasteiger partial charge is 0.385 e. The van der Waals surface area contributed by atoms with Crippen molar-refractivity contribution < 1.29 is 9.50 Å². The van der Waals surface area contributed by atoms with Gasteiger partial charge in [-0.3, -0.25) is 0 Å². The Hall–Kier alpha value is -0.410. The number of hydrogen-bond acceptors (Lipinski definition) is 1. The van der Waals surface area contributed by atoms with E-state index in [2.05, 4.69) is 15.9 Å². The van der Waals surface area contributed by atoms with E-state index in [0.717, 1.165) is 22.9 Å². The van der Waals surface area contributed by atoms with Crippen LogP contribution in [0, 0.1) is 17.7 Å². The van der Waals surface area contributed by atoms with Gasteiger partial charge in [0.05, 0.1) is 5.60 Å². The SMILES string of the molecule is OC1(c2cc(F)ccc2Br)C2CCCC21. The summed E-state index contributed by atoms with van der Waals surface area (Å²) in [6.45, 7) is 0. The van der Waals surface area contributed by atoms with Crippen molar-refractivity contribution in [3.05, 3.63) is 34.1 Å². The molecule has 1 nitrogen and oxygen atoms in total. The number of hydrogen-bond donors (Lipinski definition) is 1. The molecule has 0 amide bonds. The Morgan fingerprint density at radius 3 is 2.67 bits per heavy atom. The lowest BCUT2D eigenvalue weighted by Gasteiger charge is -2.16. The van der Waals surface area contributed by atoms with Crippen LogP contribution in [0.15, 0.2) is 22.7 Å². The fraction of sp³-hybridized carbons (Fsp3) is 0.500. The molecule has 0 bridgehead atoms. The van der Waals surface area contributed by atoms with Gasteiger partial charge in [0.25, 0.3) is 0 Å². The van der Waals surface area contributed by atoms with Crippen LogP contribution in [-0.4, -0.2) is 5.11 Å². The van der Waals surface area contributed by atoms with Crippen LogP contribution in [0.25, 0.3) is 0 Å². The molecule has 2 aliphatic carbocycles. The third-order valence-electron chi connectivity index (χ3n) is 3.90. The maximum absolute atomic E-state index is 13.1. The smallest absolute Gasteiger partial charge is 0.123 e. The maximum Gasteiger partial charge on any atom is 0.123 e. The van der Waals surface area contributed by atoms with Crippen LogP contribution in [0.5, 0.6) is 0 Å². The first kappa shape index (κ1) is 9.79. The van der Waals surface area contributed by atoms with Gasteiger partial charge in [-0.2, -0.15) is 0 Å². The average molecular weight is 271 g/mol. The molecule has 0 heterocycles. The third kappa shape index (κ3) is 1.23. The summed E-state index contributed by atoms with van der Waals surface area (Å²) in [4.78, 5) is 0. The Balaban J connectivity index is 2.03. The van der Waals surface area contributed by atoms with E-state index >= 15 is 0 Å². The highest BCUT2D eigenvalue weighted by Crippen LogP contribution is 2.67. The fourth-order valence-corrected chi connectivity index (χ4v) is 3.69. The first-order valence-corrected chi connectivity index (χ1v) is 6.11. The van der Waals surface area contributed by atoms with Crippen molar-refractivity contribution in [2.45, 2.75) is 24.9 Å². The van der Waals surface area contributed by atoms with Crippen LogP contribution in [0.4, 0.5) is 4.39 Å². The van der Waals surface area contributed by atoms with E-state index in [1.165, 1.54) is 18.6 Å². The minimum atomic E-state index is -0.751. The Morgan fingerprint density at radius 1 is 1.33 bits per heavy atom. The minimum Gasteiger partial charge on any atom is -0.385 e. The molecule has 2 fully saturated rings. The second kappa shape index (κ2) is 3.05. The molecule has 0 aromatic heterocycles. The number of rotatable bonds is 1. The summed E-state index contributed by atoms with van der Waals surface area (Å²) < 4.78 is 14.0. The zero-order chi connectivity index (χ0) is 10.6. The van der Waals surface area contributed by atoms with Gasteiger partial charge >= 0.3 is 0 Å². The highest BCUT2D eigenvalue weighted by Gasteiger charge is 2.66. The normalized spacial score (nSPS) is 37.8. The van der Waals surface area contributed by atoms with Gasteiger partial charge in [0.1, 0.15) is 5.82 Å². The highest BCUT2D eigenvalue weighted by molar-refractivity contribution is 9.10. The molecule has 1 N–H and O–H groups in total. The van der Waals surface area contributed by atoms with Crippen molar-refractivity contribution in [3.8, 4) is 0 Å². The minimum absolute atomic E-state index is 0.272. The second-order valence-corrected chi connectivity index (χ2v) is 5.45. The summed E-state index contributed by atoms with van der Waals surface area (Å²) >= 11 is 3.39. The van der Waals surface area contributed by atoms with E-state index in [9.17, 15) is 9.50 Å². The van der Waals surface area contributed by atoms with Crippen LogP contribution in [0.1, 0.15) is 24.8 Å². The van der Waals surface area contributed by atoms with Crippen molar-refractivity contribution in [3.63, 3.8) is 0 Å². The zero-order valence-electron chi connectivity index (χ0n) is 8.21. The van der Waals surface area contributed by atoms with Crippen molar-refractivity contribution in [2.24, 2.45) is 11.8 Å². The number of benzene rings is 1. The van der Waals surface area contributed by atoms with E-state index in [-0.39, 0.29) is 5.82 Å². The molecule has 2 aliphatic rings. The first-order chi connectivity index (χ1) is 7.14. The molecule has 1 aromatic rings. The lowest BCUT2D eigenvalue weighted by molar-refractivity contribution is 0.104. The summed E-state index contributed by atoms with van der Waals surface area (Å²) in [5.41, 5.74) is -0.0173. The van der Waals surface area contributed by atoms with Crippen LogP contribution in [0.3, 0.4) is 0 Å². The van der Waals surface area contributed by atoms with Crippen LogP contribution < -0.4 is 0 Å². The molecule has 2 unspecified atom stereocenters. The lowest BCUT2D eigenvalue weighted by Crippen LogP contribution is -2.14. The molecule has 0 spiro atoms. The summed E-state index contributed by atoms with van der Waals surface area (Å²) in [5.74, 6) is 0.442. The van der Waals surface area contributed by atoms with E-state index in [4.69, 9.17) is 0 Å². The van der Waals surface area contributed by atoms with Gasteiger partial charge in [-0.1, -0.05) is 22.4 Å². The molecule has 3 heteroatoms. The van der Waals surface area contributed by atoms with Crippen LogP contribution in [-0.2, 0) is 5.60 Å². The zero-order valence-corrected chi connectivity index (χ0v) is 9.80. The van der Waals surface area contributed by atoms with Crippen molar-refractivity contribution in [1.82, 2.24) is 0 Å². The van der Waals surface area contributed by atoms with Gasteiger partial charge < -0.3 is 5.11 Å². The Kier molecular flexibility index (Phi) is 1.99. The van der Waals surface area contributed by atoms with Crippen molar-refractivity contribution in [2.75, 3.05) is 0 Å². The van der Waals surface area contributed by atoms with E-state index in [1.54, 1.807) is 6.07 Å². The third-order valence-corrected chi connectivity index (χ3v) is 4.59. The van der Waals surface area contributed by atoms with E-state index in [1.807, 2.05) is 0 Å². The first-order valence-electron chi connectivity index (χ1n) is 5.32. The summed E-state index contributed by atoms with van der Waals surface area (Å²) in [7, 11) is 0. The average Bonchev–Trinajstić information content (AvgIpc) is 2.67. The number of aliphatic hydroxyl groups is 1. The molecular formula is C12H12BrFO. The number of halogens is 2. The van der Waals surface area contributed by atoms with Gasteiger partial charge in [0.2, 0.25) is 0 Å². The molecule has 3 rings (SSSR count). The molecular weight excluding hydrogens is 259 g/mol. The number of fused-ring (bicyclic) bond motifs is 1. The van der Waals surface area contributed by atoms with Crippen LogP contribution in [0.2, 0.25) is 0 Å². The Morgan fingerprint density at radius 2 is 2.00 bits per heavy atom. The highest BCUT2D eigenvalue weighted by atomic mass is 79.9. The van der Waals surface area contributed by atoms with Gasteiger partial charge in [-0.25, -0.2) is 4.39 Å². The summed E-state index contributed by atoms with van der Waals surface area (Å²) in [6, 6.07) is 4.55. The van der Waals surface area contributed by atoms with Gasteiger partial charge in [-0.15, -0.1) is 0 Å². The van der Waals surface area contributed by atoms with Gasteiger partial charge in [-0.05, 0) is 42.9 Å². The van der Waals surface area contributed by atoms with Crippen molar-refractivity contribution >= 4 is 15.9 Å². The molecule has 1 aromatic carbocycles. The summed E-state index contributed by atoms with van der Waals surface area (Å²) in [6.07, 6.45) is 3.35. The van der Waals surface area contributed by atoms with Crippen molar-refractivity contribution in [1.29, 1.82) is 0 Å². The van der Waals surface area contributed by atoms with E-state index in [0.29, 0.717) is 11.8 Å². The maximum atomic E-state index is 13.1. The molecule has 80 valence electrons. The second-order valence-electron chi connectivity index (χ2n) is 4.59. The monoisotopic (exact) mass is 270 g/mol. The molecule has 15 heavy (non-hydrogen) atoms. The predicted octanol–water partition coefficient (Wildman–Crippen LogP) is 3.21. The molecule has 0 aliphatic heterocycles. The Bertz CT molecular complexity index is 408. The standard InChI is InChI=1S/C12H12BrFO/c13-11-5-4-7(14)6-10(11)12(15)8-2-1-3-9(8)12/h4-6,8-9,15H,1-3H2. The fourth-order valence-electron chi connectivity index (χ4n) is 3.13. The molecule has 2 saturated carbocycles. The molecule has 0 radical (unpaired) electrons. The Labute approximate surface area is 96.4 Å².